The molecule has 0 saturated carbocycles. The van der Waals surface area contributed by atoms with Gasteiger partial charge in [-0.3, -0.25) is 0 Å². The zero-order valence-corrected chi connectivity index (χ0v) is 8.02. The fourth-order valence-electron chi connectivity index (χ4n) is 0.462. The predicted molar refractivity (Wildman–Crippen MR) is 48.2 cm³/mol. The van der Waals surface area contributed by atoms with Crippen LogP contribution in [0.3, 0.4) is 0 Å². The highest BCUT2D eigenvalue weighted by molar-refractivity contribution is 4.55. The van der Waals surface area contributed by atoms with Crippen molar-refractivity contribution in [2.24, 2.45) is 5.73 Å². The Balaban J connectivity index is 0. The maximum atomic E-state index is 5.33. The summed E-state index contributed by atoms with van der Waals surface area (Å²) in [5.74, 6) is 0. The highest BCUT2D eigenvalue weighted by atomic mass is 15.1. The van der Waals surface area contributed by atoms with Crippen molar-refractivity contribution in [1.29, 1.82) is 0 Å². The van der Waals surface area contributed by atoms with Crippen LogP contribution in [-0.4, -0.2) is 31.1 Å². The minimum absolute atomic E-state index is 0.624. The van der Waals surface area contributed by atoms with Crippen molar-refractivity contribution in [2.45, 2.75) is 33.7 Å². The fourth-order valence-corrected chi connectivity index (χ4v) is 0.462. The summed E-state index contributed by atoms with van der Waals surface area (Å²) in [5, 5.41) is 0. The molecular formula is C8H22N2. The molecule has 0 rings (SSSR count). The van der Waals surface area contributed by atoms with E-state index >= 15 is 0 Å². The molecule has 0 spiro atoms. The van der Waals surface area contributed by atoms with E-state index in [1.807, 2.05) is 13.8 Å². The third-order valence-electron chi connectivity index (χ3n) is 1.36. The molecule has 0 heterocycles. The van der Waals surface area contributed by atoms with Crippen LogP contribution in [0.5, 0.6) is 0 Å². The van der Waals surface area contributed by atoms with Gasteiger partial charge in [0.1, 0.15) is 0 Å². The van der Waals surface area contributed by atoms with Crippen LogP contribution in [0.2, 0.25) is 0 Å². The van der Waals surface area contributed by atoms with Gasteiger partial charge in [0.05, 0.1) is 0 Å². The second-order valence-corrected chi connectivity index (χ2v) is 2.36. The Labute approximate surface area is 65.4 Å². The van der Waals surface area contributed by atoms with E-state index in [9.17, 15) is 0 Å². The van der Waals surface area contributed by atoms with E-state index < -0.39 is 0 Å². The van der Waals surface area contributed by atoms with Crippen molar-refractivity contribution in [3.05, 3.63) is 0 Å². The summed E-state index contributed by atoms with van der Waals surface area (Å²) in [6.07, 6.45) is 0. The molecule has 2 N–H and O–H groups in total. The first-order chi connectivity index (χ1) is 4.68. The summed E-state index contributed by atoms with van der Waals surface area (Å²) in [4.78, 5) is 2.22. The van der Waals surface area contributed by atoms with Crippen molar-refractivity contribution in [3.63, 3.8) is 0 Å². The van der Waals surface area contributed by atoms with Gasteiger partial charge in [0.2, 0.25) is 0 Å². The number of hydrogen-bond acceptors (Lipinski definition) is 2. The zero-order chi connectivity index (χ0) is 8.57. The fraction of sp³-hybridized carbons (Fsp3) is 1.00. The van der Waals surface area contributed by atoms with Gasteiger partial charge in [-0.15, -0.1) is 0 Å². The first-order valence-electron chi connectivity index (χ1n) is 4.08. The number of nitrogens with zero attached hydrogens (tertiary/aromatic N) is 1. The third kappa shape index (κ3) is 7.92. The Kier molecular flexibility index (Phi) is 11.2. The van der Waals surface area contributed by atoms with Gasteiger partial charge >= 0.3 is 0 Å². The van der Waals surface area contributed by atoms with Crippen LogP contribution in [0.1, 0.15) is 27.7 Å². The van der Waals surface area contributed by atoms with Crippen molar-refractivity contribution < 1.29 is 0 Å². The molecular weight excluding hydrogens is 124 g/mol. The third-order valence-corrected chi connectivity index (χ3v) is 1.36. The summed E-state index contributed by atoms with van der Waals surface area (Å²) in [5.41, 5.74) is 5.33. The maximum absolute atomic E-state index is 5.33. The molecule has 0 aliphatic rings. The maximum Gasteiger partial charge on any atom is 0.0104 e. The predicted octanol–water partition coefficient (Wildman–Crippen LogP) is 1.31. The monoisotopic (exact) mass is 146 g/mol. The van der Waals surface area contributed by atoms with Gasteiger partial charge in [-0.1, -0.05) is 13.8 Å². The molecule has 0 atom stereocenters. The first kappa shape index (κ1) is 12.6. The lowest BCUT2D eigenvalue weighted by Gasteiger charge is -2.19. The molecule has 64 valence electrons. The highest BCUT2D eigenvalue weighted by Gasteiger charge is 1.98. The van der Waals surface area contributed by atoms with Crippen molar-refractivity contribution in [3.8, 4) is 0 Å². The Morgan fingerprint density at radius 1 is 1.30 bits per heavy atom. The van der Waals surface area contributed by atoms with E-state index in [2.05, 4.69) is 25.8 Å². The minimum atomic E-state index is 0.624. The average Bonchev–Trinajstić information content (AvgIpc) is 1.93. The molecule has 0 aliphatic heterocycles. The topological polar surface area (TPSA) is 29.3 Å². The van der Waals surface area contributed by atoms with Gasteiger partial charge in [0.25, 0.3) is 0 Å². The molecule has 0 amide bonds. The van der Waals surface area contributed by atoms with E-state index in [1.165, 1.54) is 0 Å². The SMILES string of the molecule is CC.CC(C)N(C)CCN. The minimum Gasteiger partial charge on any atom is -0.329 e. The summed E-state index contributed by atoms with van der Waals surface area (Å²) < 4.78 is 0. The summed E-state index contributed by atoms with van der Waals surface area (Å²) >= 11 is 0. The molecule has 0 aromatic heterocycles. The van der Waals surface area contributed by atoms with Crippen LogP contribution in [-0.2, 0) is 0 Å². The average molecular weight is 146 g/mol. The quantitative estimate of drug-likeness (QED) is 0.650. The molecule has 2 heteroatoms. The van der Waals surface area contributed by atoms with E-state index in [0.29, 0.717) is 6.04 Å². The molecule has 0 aromatic rings. The molecule has 0 unspecified atom stereocenters. The highest BCUT2D eigenvalue weighted by Crippen LogP contribution is 1.89. The van der Waals surface area contributed by atoms with E-state index in [0.717, 1.165) is 13.1 Å². The Bertz CT molecular complexity index is 53.2. The van der Waals surface area contributed by atoms with Gasteiger partial charge in [0.15, 0.2) is 0 Å². The van der Waals surface area contributed by atoms with Gasteiger partial charge in [-0.05, 0) is 20.9 Å². The molecule has 2 nitrogen and oxygen atoms in total. The van der Waals surface area contributed by atoms with Gasteiger partial charge < -0.3 is 10.6 Å². The van der Waals surface area contributed by atoms with Gasteiger partial charge in [0, 0.05) is 19.1 Å². The van der Waals surface area contributed by atoms with Crippen molar-refractivity contribution in [1.82, 2.24) is 4.90 Å². The van der Waals surface area contributed by atoms with Crippen LogP contribution in [0, 0.1) is 0 Å². The zero-order valence-electron chi connectivity index (χ0n) is 8.02. The summed E-state index contributed by atoms with van der Waals surface area (Å²) in [6, 6.07) is 0.624. The van der Waals surface area contributed by atoms with E-state index in [-0.39, 0.29) is 0 Å². The van der Waals surface area contributed by atoms with Crippen LogP contribution in [0.25, 0.3) is 0 Å². The molecule has 0 fully saturated rings. The summed E-state index contributed by atoms with van der Waals surface area (Å²) in [6.45, 7) is 10.1. The van der Waals surface area contributed by atoms with Gasteiger partial charge in [-0.25, -0.2) is 0 Å². The lowest BCUT2D eigenvalue weighted by Crippen LogP contribution is -2.31. The number of hydrogen-bond donors (Lipinski definition) is 1. The smallest absolute Gasteiger partial charge is 0.0104 e. The van der Waals surface area contributed by atoms with Crippen LogP contribution in [0.15, 0.2) is 0 Å². The standard InChI is InChI=1S/C6H16N2.C2H6/c1-6(2)8(3)5-4-7;1-2/h6H,4-5,7H2,1-3H3;1-2H3. The van der Waals surface area contributed by atoms with Crippen molar-refractivity contribution in [2.75, 3.05) is 20.1 Å². The van der Waals surface area contributed by atoms with Gasteiger partial charge in [-0.2, -0.15) is 0 Å². The summed E-state index contributed by atoms with van der Waals surface area (Å²) in [7, 11) is 2.08. The molecule has 0 aliphatic carbocycles. The van der Waals surface area contributed by atoms with E-state index in [1.54, 1.807) is 0 Å². The molecule has 0 bridgehead atoms. The number of rotatable bonds is 3. The first-order valence-corrected chi connectivity index (χ1v) is 4.08. The van der Waals surface area contributed by atoms with E-state index in [4.69, 9.17) is 5.73 Å². The van der Waals surface area contributed by atoms with Crippen LogP contribution >= 0.6 is 0 Å². The Hall–Kier alpha value is -0.0800. The largest absolute Gasteiger partial charge is 0.329 e. The molecule has 10 heavy (non-hydrogen) atoms. The normalized spacial score (nSPS) is 9.60. The Morgan fingerprint density at radius 3 is 1.80 bits per heavy atom. The number of nitrogens with two attached hydrogens (primary N) is 1. The second kappa shape index (κ2) is 8.92. The second-order valence-electron chi connectivity index (χ2n) is 2.36. The molecule has 0 radical (unpaired) electrons. The lowest BCUT2D eigenvalue weighted by molar-refractivity contribution is 0.282. The molecule has 0 aromatic carbocycles. The number of likely N-dealkylation sites (N-methyl/N-ethyl adjacent to an activating group) is 1. The van der Waals surface area contributed by atoms with Crippen LogP contribution < -0.4 is 5.73 Å². The Morgan fingerprint density at radius 2 is 1.70 bits per heavy atom. The molecule has 0 saturated heterocycles. The van der Waals surface area contributed by atoms with Crippen LogP contribution in [0.4, 0.5) is 0 Å². The van der Waals surface area contributed by atoms with Crippen molar-refractivity contribution >= 4 is 0 Å². The lowest BCUT2D eigenvalue weighted by atomic mass is 10.3.